The van der Waals surface area contributed by atoms with Gasteiger partial charge in [0.2, 0.25) is 0 Å². The number of rotatable bonds is 4. The fourth-order valence-electron chi connectivity index (χ4n) is 3.15. The Bertz CT molecular complexity index is 629. The minimum Gasteiger partial charge on any atom is -0.481 e. The number of hydrogen-bond donors (Lipinski definition) is 1. The maximum absolute atomic E-state index is 11.6. The van der Waals surface area contributed by atoms with Crippen LogP contribution in [0.25, 0.3) is 0 Å². The van der Waals surface area contributed by atoms with E-state index in [0.717, 1.165) is 18.8 Å². The summed E-state index contributed by atoms with van der Waals surface area (Å²) in [6, 6.07) is 12.1. The summed E-state index contributed by atoms with van der Waals surface area (Å²) in [5.41, 5.74) is 2.21. The van der Waals surface area contributed by atoms with Crippen molar-refractivity contribution < 1.29 is 9.90 Å². The van der Waals surface area contributed by atoms with Crippen LogP contribution < -0.4 is 0 Å². The fourth-order valence-corrected chi connectivity index (χ4v) is 3.15. The quantitative estimate of drug-likeness (QED) is 0.937. The minimum atomic E-state index is -0.725. The van der Waals surface area contributed by atoms with Gasteiger partial charge in [0.05, 0.1) is 5.92 Å². The molecule has 1 fully saturated rings. The Morgan fingerprint density at radius 1 is 1.27 bits per heavy atom. The van der Waals surface area contributed by atoms with E-state index in [-0.39, 0.29) is 24.2 Å². The third-order valence-electron chi connectivity index (χ3n) is 4.20. The van der Waals surface area contributed by atoms with Crippen LogP contribution in [0, 0.1) is 5.92 Å². The monoisotopic (exact) mass is 321 g/mol. The standard InChI is InChI=1S/C16H19N3O2.ClH/c1-18-15(7-8-17-18)13-10-19(11-14(13)16(20)21)9-12-5-3-2-4-6-12;/h2-8,13-14H,9-11H2,1H3,(H,20,21);1H. The third-order valence-corrected chi connectivity index (χ3v) is 4.20. The van der Waals surface area contributed by atoms with Gasteiger partial charge in [-0.1, -0.05) is 30.3 Å². The van der Waals surface area contributed by atoms with E-state index in [1.165, 1.54) is 5.56 Å². The van der Waals surface area contributed by atoms with Crippen molar-refractivity contribution >= 4 is 18.4 Å². The predicted molar refractivity (Wildman–Crippen MR) is 86.0 cm³/mol. The number of carboxylic acid groups (broad SMARTS) is 1. The van der Waals surface area contributed by atoms with E-state index >= 15 is 0 Å². The van der Waals surface area contributed by atoms with Gasteiger partial charge >= 0.3 is 5.97 Å². The van der Waals surface area contributed by atoms with E-state index in [0.29, 0.717) is 6.54 Å². The molecule has 2 atom stereocenters. The number of likely N-dealkylation sites (tertiary alicyclic amines) is 1. The number of hydrogen-bond acceptors (Lipinski definition) is 3. The summed E-state index contributed by atoms with van der Waals surface area (Å²) in [5, 5.41) is 13.7. The van der Waals surface area contributed by atoms with Gasteiger partial charge in [0.25, 0.3) is 0 Å². The van der Waals surface area contributed by atoms with Gasteiger partial charge in [-0.25, -0.2) is 0 Å². The molecule has 0 bridgehead atoms. The van der Waals surface area contributed by atoms with Gasteiger partial charge in [-0.15, -0.1) is 12.4 Å². The van der Waals surface area contributed by atoms with E-state index < -0.39 is 5.97 Å². The van der Waals surface area contributed by atoms with Crippen LogP contribution >= 0.6 is 12.4 Å². The van der Waals surface area contributed by atoms with Gasteiger partial charge in [0.1, 0.15) is 0 Å². The number of aromatic nitrogens is 2. The Kier molecular flexibility index (Phi) is 5.21. The number of aliphatic carboxylic acids is 1. The molecule has 1 aliphatic heterocycles. The zero-order valence-electron chi connectivity index (χ0n) is 12.4. The first-order valence-electron chi connectivity index (χ1n) is 7.12. The lowest BCUT2D eigenvalue weighted by molar-refractivity contribution is -0.141. The Morgan fingerprint density at radius 3 is 2.59 bits per heavy atom. The normalized spacial score (nSPS) is 21.5. The van der Waals surface area contributed by atoms with Crippen LogP contribution in [0.5, 0.6) is 0 Å². The first-order chi connectivity index (χ1) is 10.1. The number of carbonyl (C=O) groups is 1. The lowest BCUT2D eigenvalue weighted by atomic mass is 9.93. The molecular formula is C16H20ClN3O2. The molecular weight excluding hydrogens is 302 g/mol. The fraction of sp³-hybridized carbons (Fsp3) is 0.375. The van der Waals surface area contributed by atoms with E-state index in [4.69, 9.17) is 0 Å². The van der Waals surface area contributed by atoms with Crippen LogP contribution in [0.15, 0.2) is 42.6 Å². The summed E-state index contributed by atoms with van der Waals surface area (Å²) >= 11 is 0. The molecule has 0 spiro atoms. The van der Waals surface area contributed by atoms with Crippen LogP contribution in [0.3, 0.4) is 0 Å². The Balaban J connectivity index is 0.00000176. The molecule has 2 heterocycles. The SMILES string of the molecule is Cl.Cn1nccc1C1CN(Cc2ccccc2)CC1C(=O)O. The van der Waals surface area contributed by atoms with Crippen LogP contribution in [0.4, 0.5) is 0 Å². The van der Waals surface area contributed by atoms with Crippen LogP contribution in [0.1, 0.15) is 17.2 Å². The highest BCUT2D eigenvalue weighted by atomic mass is 35.5. The van der Waals surface area contributed by atoms with Crippen molar-refractivity contribution in [3.63, 3.8) is 0 Å². The molecule has 5 nitrogen and oxygen atoms in total. The van der Waals surface area contributed by atoms with Crippen molar-refractivity contribution in [3.8, 4) is 0 Å². The summed E-state index contributed by atoms with van der Waals surface area (Å²) in [5.74, 6) is -1.10. The zero-order chi connectivity index (χ0) is 14.8. The molecule has 1 aromatic carbocycles. The molecule has 0 aliphatic carbocycles. The van der Waals surface area contributed by atoms with E-state index in [9.17, 15) is 9.90 Å². The molecule has 2 unspecified atom stereocenters. The van der Waals surface area contributed by atoms with E-state index in [1.54, 1.807) is 10.9 Å². The molecule has 1 aliphatic rings. The highest BCUT2D eigenvalue weighted by Crippen LogP contribution is 2.33. The van der Waals surface area contributed by atoms with Crippen molar-refractivity contribution in [2.75, 3.05) is 13.1 Å². The molecule has 3 rings (SSSR count). The van der Waals surface area contributed by atoms with Crippen molar-refractivity contribution in [3.05, 3.63) is 53.9 Å². The van der Waals surface area contributed by atoms with Crippen molar-refractivity contribution in [2.24, 2.45) is 13.0 Å². The van der Waals surface area contributed by atoms with Crippen LogP contribution in [-0.2, 0) is 18.4 Å². The topological polar surface area (TPSA) is 58.4 Å². The van der Waals surface area contributed by atoms with Crippen molar-refractivity contribution in [1.82, 2.24) is 14.7 Å². The molecule has 1 saturated heterocycles. The summed E-state index contributed by atoms with van der Waals surface area (Å²) < 4.78 is 1.78. The smallest absolute Gasteiger partial charge is 0.308 e. The van der Waals surface area contributed by atoms with E-state index in [1.807, 2.05) is 31.3 Å². The molecule has 0 amide bonds. The number of halogens is 1. The molecule has 1 aromatic heterocycles. The lowest BCUT2D eigenvalue weighted by Gasteiger charge is -2.16. The van der Waals surface area contributed by atoms with Crippen LogP contribution in [-0.4, -0.2) is 38.8 Å². The minimum absolute atomic E-state index is 0. The average Bonchev–Trinajstić information content (AvgIpc) is 3.06. The highest BCUT2D eigenvalue weighted by Gasteiger charge is 2.39. The Hall–Kier alpha value is -1.85. The van der Waals surface area contributed by atoms with Crippen LogP contribution in [0.2, 0.25) is 0 Å². The largest absolute Gasteiger partial charge is 0.481 e. The van der Waals surface area contributed by atoms with Crippen molar-refractivity contribution in [2.45, 2.75) is 12.5 Å². The van der Waals surface area contributed by atoms with Crippen molar-refractivity contribution in [1.29, 1.82) is 0 Å². The summed E-state index contributed by atoms with van der Waals surface area (Å²) in [7, 11) is 1.87. The van der Waals surface area contributed by atoms with Gasteiger partial charge in [0.15, 0.2) is 0 Å². The Morgan fingerprint density at radius 2 is 2.00 bits per heavy atom. The summed E-state index contributed by atoms with van der Waals surface area (Å²) in [6.07, 6.45) is 1.73. The lowest BCUT2D eigenvalue weighted by Crippen LogP contribution is -2.23. The molecule has 2 aromatic rings. The molecule has 1 N–H and O–H groups in total. The highest BCUT2D eigenvalue weighted by molar-refractivity contribution is 5.85. The van der Waals surface area contributed by atoms with E-state index in [2.05, 4.69) is 22.1 Å². The first-order valence-corrected chi connectivity index (χ1v) is 7.12. The maximum atomic E-state index is 11.6. The number of nitrogens with zero attached hydrogens (tertiary/aromatic N) is 3. The summed E-state index contributed by atoms with van der Waals surface area (Å²) in [4.78, 5) is 13.8. The Labute approximate surface area is 136 Å². The van der Waals surface area contributed by atoms with Gasteiger partial charge in [0, 0.05) is 44.5 Å². The predicted octanol–water partition coefficient (Wildman–Crippen LogP) is 2.14. The molecule has 22 heavy (non-hydrogen) atoms. The molecule has 6 heteroatoms. The molecule has 118 valence electrons. The first kappa shape index (κ1) is 16.5. The number of carboxylic acids is 1. The number of aryl methyl sites for hydroxylation is 1. The van der Waals surface area contributed by atoms with Gasteiger partial charge < -0.3 is 5.11 Å². The number of benzene rings is 1. The second-order valence-electron chi connectivity index (χ2n) is 5.61. The second-order valence-corrected chi connectivity index (χ2v) is 5.61. The second kappa shape index (κ2) is 6.94. The van der Waals surface area contributed by atoms with Gasteiger partial charge in [-0.05, 0) is 11.6 Å². The summed E-state index contributed by atoms with van der Waals surface area (Å²) in [6.45, 7) is 2.13. The van der Waals surface area contributed by atoms with Gasteiger partial charge in [-0.2, -0.15) is 5.10 Å². The third kappa shape index (κ3) is 3.31. The zero-order valence-corrected chi connectivity index (χ0v) is 13.2. The molecule has 0 radical (unpaired) electrons. The maximum Gasteiger partial charge on any atom is 0.308 e. The van der Waals surface area contributed by atoms with Gasteiger partial charge in [-0.3, -0.25) is 14.4 Å². The average molecular weight is 322 g/mol. The molecule has 0 saturated carbocycles.